The maximum atomic E-state index is 5.51. The molecule has 4 heteroatoms. The maximum Gasteiger partial charge on any atom is 0.122 e. The Kier molecular flexibility index (Phi) is 4.12. The Morgan fingerprint density at radius 2 is 1.74 bits per heavy atom. The minimum Gasteiger partial charge on any atom is -0.388 e. The average Bonchev–Trinajstić information content (AvgIpc) is 2.40. The van der Waals surface area contributed by atoms with Gasteiger partial charge in [0, 0.05) is 5.69 Å². The number of aromatic nitrogens is 1. The lowest BCUT2D eigenvalue weighted by Crippen LogP contribution is -2.11. The molecule has 2 aromatic rings. The van der Waals surface area contributed by atoms with Crippen molar-refractivity contribution in [3.05, 3.63) is 53.9 Å². The summed E-state index contributed by atoms with van der Waals surface area (Å²) in [6.07, 6.45) is 1.73. The van der Waals surface area contributed by atoms with E-state index in [1.54, 1.807) is 6.20 Å². The molecule has 0 spiro atoms. The van der Waals surface area contributed by atoms with Gasteiger partial charge in [-0.3, -0.25) is 4.98 Å². The van der Waals surface area contributed by atoms with Crippen molar-refractivity contribution in [2.75, 3.05) is 5.32 Å². The van der Waals surface area contributed by atoms with Gasteiger partial charge >= 0.3 is 0 Å². The number of nitrogens with two attached hydrogens (primary N) is 1. The van der Waals surface area contributed by atoms with Crippen LogP contribution in [-0.4, -0.2) is 9.97 Å². The summed E-state index contributed by atoms with van der Waals surface area (Å²) < 4.78 is 0. The third kappa shape index (κ3) is 3.51. The summed E-state index contributed by atoms with van der Waals surface area (Å²) in [7, 11) is 0. The summed E-state index contributed by atoms with van der Waals surface area (Å²) in [6.45, 7) is 4.36. The molecule has 1 aromatic carbocycles. The molecular formula is C15H17N3S. The van der Waals surface area contributed by atoms with Gasteiger partial charge in [0.25, 0.3) is 0 Å². The van der Waals surface area contributed by atoms with Crippen LogP contribution in [0.1, 0.15) is 31.0 Å². The van der Waals surface area contributed by atoms with Gasteiger partial charge in [-0.2, -0.15) is 0 Å². The fourth-order valence-corrected chi connectivity index (χ4v) is 1.85. The molecule has 2 rings (SSSR count). The van der Waals surface area contributed by atoms with Crippen molar-refractivity contribution in [1.29, 1.82) is 0 Å². The highest BCUT2D eigenvalue weighted by Crippen LogP contribution is 2.20. The molecule has 3 N–H and O–H groups in total. The molecule has 0 atom stereocenters. The van der Waals surface area contributed by atoms with Crippen molar-refractivity contribution in [2.24, 2.45) is 5.73 Å². The monoisotopic (exact) mass is 271 g/mol. The second-order valence-corrected chi connectivity index (χ2v) is 5.14. The van der Waals surface area contributed by atoms with Crippen LogP contribution < -0.4 is 11.1 Å². The molecule has 1 heterocycles. The minimum absolute atomic E-state index is 0.313. The highest BCUT2D eigenvalue weighted by Gasteiger charge is 2.01. The van der Waals surface area contributed by atoms with E-state index in [-0.39, 0.29) is 0 Å². The van der Waals surface area contributed by atoms with Crippen molar-refractivity contribution in [3.63, 3.8) is 0 Å². The van der Waals surface area contributed by atoms with Crippen molar-refractivity contribution in [2.45, 2.75) is 19.8 Å². The quantitative estimate of drug-likeness (QED) is 0.834. The number of hydrogen-bond donors (Lipinski definition) is 2. The van der Waals surface area contributed by atoms with E-state index >= 15 is 0 Å². The number of rotatable bonds is 4. The van der Waals surface area contributed by atoms with Crippen LogP contribution in [0, 0.1) is 0 Å². The van der Waals surface area contributed by atoms with Gasteiger partial charge in [-0.1, -0.05) is 38.2 Å². The van der Waals surface area contributed by atoms with Crippen molar-refractivity contribution >= 4 is 28.6 Å². The molecule has 0 radical (unpaired) electrons. The Labute approximate surface area is 118 Å². The third-order valence-electron chi connectivity index (χ3n) is 2.88. The molecule has 1 aromatic heterocycles. The molecule has 3 nitrogen and oxygen atoms in total. The molecule has 0 amide bonds. The summed E-state index contributed by atoms with van der Waals surface area (Å²) in [5.41, 5.74) is 9.42. The number of benzene rings is 1. The van der Waals surface area contributed by atoms with Crippen molar-refractivity contribution in [3.8, 4) is 0 Å². The third-order valence-corrected chi connectivity index (χ3v) is 3.09. The Hall–Kier alpha value is -1.94. The Morgan fingerprint density at radius 1 is 1.11 bits per heavy atom. The molecule has 98 valence electrons. The first-order chi connectivity index (χ1) is 9.06. The van der Waals surface area contributed by atoms with E-state index in [0.29, 0.717) is 16.6 Å². The van der Waals surface area contributed by atoms with Gasteiger partial charge in [0.1, 0.15) is 4.99 Å². The van der Waals surface area contributed by atoms with Gasteiger partial charge < -0.3 is 11.1 Å². The van der Waals surface area contributed by atoms with Gasteiger partial charge in [-0.25, -0.2) is 0 Å². The van der Waals surface area contributed by atoms with E-state index < -0.39 is 0 Å². The lowest BCUT2D eigenvalue weighted by molar-refractivity contribution is 0.867. The van der Waals surface area contributed by atoms with E-state index in [1.807, 2.05) is 12.1 Å². The van der Waals surface area contributed by atoms with Gasteiger partial charge in [0.05, 0.1) is 17.6 Å². The fourth-order valence-electron chi connectivity index (χ4n) is 1.73. The van der Waals surface area contributed by atoms with Crippen LogP contribution in [0.2, 0.25) is 0 Å². The first-order valence-corrected chi connectivity index (χ1v) is 6.60. The van der Waals surface area contributed by atoms with Crippen LogP contribution in [0.25, 0.3) is 0 Å². The van der Waals surface area contributed by atoms with Crippen molar-refractivity contribution < 1.29 is 0 Å². The van der Waals surface area contributed by atoms with Gasteiger partial charge in [0.15, 0.2) is 0 Å². The standard InChI is InChI=1S/C15H17N3S/c1-10(2)11-3-5-12(6-4-11)18-13-7-8-14(15(16)19)17-9-13/h3-10,18H,1-2H3,(H2,16,19). The van der Waals surface area contributed by atoms with E-state index in [2.05, 4.69) is 48.4 Å². The van der Waals surface area contributed by atoms with Crippen LogP contribution in [0.4, 0.5) is 11.4 Å². The van der Waals surface area contributed by atoms with Crippen LogP contribution in [0.5, 0.6) is 0 Å². The van der Waals surface area contributed by atoms with E-state index in [1.165, 1.54) is 5.56 Å². The summed E-state index contributed by atoms with van der Waals surface area (Å²) in [5, 5.41) is 3.29. The normalized spacial score (nSPS) is 10.5. The van der Waals surface area contributed by atoms with Gasteiger partial charge in [-0.15, -0.1) is 0 Å². The molecule has 0 aliphatic rings. The number of hydrogen-bond acceptors (Lipinski definition) is 3. The molecule has 0 saturated heterocycles. The van der Waals surface area contributed by atoms with Crippen LogP contribution >= 0.6 is 12.2 Å². The van der Waals surface area contributed by atoms with Crippen LogP contribution in [0.3, 0.4) is 0 Å². The molecular weight excluding hydrogens is 254 g/mol. The smallest absolute Gasteiger partial charge is 0.122 e. The largest absolute Gasteiger partial charge is 0.388 e. The zero-order valence-electron chi connectivity index (χ0n) is 11.1. The number of anilines is 2. The molecule has 0 bridgehead atoms. The van der Waals surface area contributed by atoms with E-state index in [9.17, 15) is 0 Å². The summed E-state index contributed by atoms with van der Waals surface area (Å²) in [5.74, 6) is 0.542. The number of nitrogens with one attached hydrogen (secondary N) is 1. The fraction of sp³-hybridized carbons (Fsp3) is 0.200. The first-order valence-electron chi connectivity index (χ1n) is 6.19. The molecule has 0 aliphatic heterocycles. The number of nitrogens with zero attached hydrogens (tertiary/aromatic N) is 1. The Bertz CT molecular complexity index is 559. The van der Waals surface area contributed by atoms with Crippen molar-refractivity contribution in [1.82, 2.24) is 4.98 Å². The highest BCUT2D eigenvalue weighted by molar-refractivity contribution is 7.80. The number of thiocarbonyl (C=S) groups is 1. The lowest BCUT2D eigenvalue weighted by Gasteiger charge is -2.09. The van der Waals surface area contributed by atoms with Crippen LogP contribution in [0.15, 0.2) is 42.6 Å². The first kappa shape index (κ1) is 13.5. The van der Waals surface area contributed by atoms with E-state index in [4.69, 9.17) is 18.0 Å². The SMILES string of the molecule is CC(C)c1ccc(Nc2ccc(C(N)=S)nc2)cc1. The summed E-state index contributed by atoms with van der Waals surface area (Å²) >= 11 is 4.87. The van der Waals surface area contributed by atoms with E-state index in [0.717, 1.165) is 11.4 Å². The zero-order valence-corrected chi connectivity index (χ0v) is 11.9. The second-order valence-electron chi connectivity index (χ2n) is 4.70. The summed E-state index contributed by atoms with van der Waals surface area (Å²) in [6, 6.07) is 12.1. The minimum atomic E-state index is 0.313. The molecule has 0 saturated carbocycles. The predicted molar refractivity (Wildman–Crippen MR) is 83.9 cm³/mol. The van der Waals surface area contributed by atoms with Crippen LogP contribution in [-0.2, 0) is 0 Å². The number of pyridine rings is 1. The molecule has 0 unspecified atom stereocenters. The molecule has 19 heavy (non-hydrogen) atoms. The summed E-state index contributed by atoms with van der Waals surface area (Å²) in [4.78, 5) is 4.50. The zero-order chi connectivity index (χ0) is 13.8. The molecule has 0 fully saturated rings. The predicted octanol–water partition coefficient (Wildman–Crippen LogP) is 3.58. The second kappa shape index (κ2) is 5.80. The lowest BCUT2D eigenvalue weighted by atomic mass is 10.0. The Balaban J connectivity index is 2.10. The topological polar surface area (TPSA) is 50.9 Å². The van der Waals surface area contributed by atoms with Gasteiger partial charge in [-0.05, 0) is 35.7 Å². The highest BCUT2D eigenvalue weighted by atomic mass is 32.1. The van der Waals surface area contributed by atoms with Gasteiger partial charge in [0.2, 0.25) is 0 Å². The average molecular weight is 271 g/mol. The molecule has 0 aliphatic carbocycles. The Morgan fingerprint density at radius 3 is 2.21 bits per heavy atom. The maximum absolute atomic E-state index is 5.51.